The van der Waals surface area contributed by atoms with E-state index in [1.165, 1.54) is 5.56 Å². The zero-order valence-corrected chi connectivity index (χ0v) is 11.2. The van der Waals surface area contributed by atoms with Crippen LogP contribution >= 0.6 is 0 Å². The molecule has 2 heterocycles. The summed E-state index contributed by atoms with van der Waals surface area (Å²) in [4.78, 5) is 14.6. The number of amides is 1. The topological polar surface area (TPSA) is 41.6 Å². The Hall–Kier alpha value is -1.55. The Morgan fingerprint density at radius 2 is 2.16 bits per heavy atom. The molecular weight excluding hydrogens is 240 g/mol. The van der Waals surface area contributed by atoms with Gasteiger partial charge < -0.3 is 15.0 Å². The summed E-state index contributed by atoms with van der Waals surface area (Å²) in [5.74, 6) is 0.136. The van der Waals surface area contributed by atoms with E-state index in [-0.39, 0.29) is 5.91 Å². The number of hydrogen-bond donors (Lipinski definition) is 1. The number of carbonyl (C=O) groups excluding carboxylic acids is 1. The minimum absolute atomic E-state index is 0.136. The van der Waals surface area contributed by atoms with Crippen LogP contribution in [0, 0.1) is 0 Å². The van der Waals surface area contributed by atoms with Crippen molar-refractivity contribution in [1.29, 1.82) is 0 Å². The van der Waals surface area contributed by atoms with Gasteiger partial charge >= 0.3 is 0 Å². The largest absolute Gasteiger partial charge is 0.384 e. The number of aryl methyl sites for hydroxylation is 1. The van der Waals surface area contributed by atoms with Crippen molar-refractivity contribution < 1.29 is 9.53 Å². The van der Waals surface area contributed by atoms with Crippen LogP contribution in [0.15, 0.2) is 18.2 Å². The fourth-order valence-corrected chi connectivity index (χ4v) is 2.81. The molecule has 0 radical (unpaired) electrons. The summed E-state index contributed by atoms with van der Waals surface area (Å²) in [6, 6.07) is 6.04. The van der Waals surface area contributed by atoms with Gasteiger partial charge in [-0.3, -0.25) is 4.79 Å². The van der Waals surface area contributed by atoms with Crippen LogP contribution < -0.4 is 5.32 Å². The maximum absolute atomic E-state index is 12.7. The average Bonchev–Trinajstić information content (AvgIpc) is 2.75. The van der Waals surface area contributed by atoms with Crippen LogP contribution in [0.5, 0.6) is 0 Å². The van der Waals surface area contributed by atoms with Crippen molar-refractivity contribution in [1.82, 2.24) is 4.90 Å². The van der Waals surface area contributed by atoms with Crippen LogP contribution in [0.25, 0.3) is 0 Å². The average molecular weight is 260 g/mol. The molecule has 4 nitrogen and oxygen atoms in total. The molecule has 1 saturated heterocycles. The van der Waals surface area contributed by atoms with Gasteiger partial charge in [-0.15, -0.1) is 0 Å². The van der Waals surface area contributed by atoms with Crippen LogP contribution in [0.1, 0.15) is 28.8 Å². The third-order valence-electron chi connectivity index (χ3n) is 3.82. The van der Waals surface area contributed by atoms with E-state index in [4.69, 9.17) is 4.74 Å². The first-order valence-corrected chi connectivity index (χ1v) is 7.09. The standard InChI is InChI=1S/C15H20N2O2/c18-15(17-8-3-10-19-11-9-17)13-6-1-4-12-5-2-7-16-14(12)13/h1,4,6,16H,2-3,5,7-11H2. The predicted octanol–water partition coefficient (Wildman–Crippen LogP) is 1.91. The Balaban J connectivity index is 1.86. The van der Waals surface area contributed by atoms with Gasteiger partial charge in [0.2, 0.25) is 0 Å². The number of benzene rings is 1. The van der Waals surface area contributed by atoms with Crippen molar-refractivity contribution in [2.75, 3.05) is 38.2 Å². The smallest absolute Gasteiger partial charge is 0.256 e. The minimum atomic E-state index is 0.136. The van der Waals surface area contributed by atoms with E-state index >= 15 is 0 Å². The summed E-state index contributed by atoms with van der Waals surface area (Å²) in [6.45, 7) is 3.86. The molecular formula is C15H20N2O2. The lowest BCUT2D eigenvalue weighted by Crippen LogP contribution is -2.34. The van der Waals surface area contributed by atoms with Crippen LogP contribution in [-0.4, -0.2) is 43.7 Å². The lowest BCUT2D eigenvalue weighted by molar-refractivity contribution is 0.0742. The van der Waals surface area contributed by atoms with Gasteiger partial charge in [-0.25, -0.2) is 0 Å². The Labute approximate surface area is 113 Å². The number of nitrogens with one attached hydrogen (secondary N) is 1. The molecule has 1 N–H and O–H groups in total. The fraction of sp³-hybridized carbons (Fsp3) is 0.533. The fourth-order valence-electron chi connectivity index (χ4n) is 2.81. The highest BCUT2D eigenvalue weighted by molar-refractivity contribution is 6.00. The summed E-state index contributed by atoms with van der Waals surface area (Å²) in [5.41, 5.74) is 3.13. The van der Waals surface area contributed by atoms with Gasteiger partial charge in [0, 0.05) is 26.2 Å². The molecule has 0 aromatic heterocycles. The summed E-state index contributed by atoms with van der Waals surface area (Å²) < 4.78 is 5.41. The number of anilines is 1. The second kappa shape index (κ2) is 5.61. The Bertz CT molecular complexity index is 465. The summed E-state index contributed by atoms with van der Waals surface area (Å²) in [6.07, 6.45) is 3.13. The summed E-state index contributed by atoms with van der Waals surface area (Å²) in [5, 5.41) is 3.39. The number of fused-ring (bicyclic) bond motifs is 1. The molecule has 1 amide bonds. The third-order valence-corrected chi connectivity index (χ3v) is 3.82. The summed E-state index contributed by atoms with van der Waals surface area (Å²) >= 11 is 0. The molecule has 1 fully saturated rings. The van der Waals surface area contributed by atoms with E-state index in [1.807, 2.05) is 17.0 Å². The first-order valence-electron chi connectivity index (χ1n) is 7.09. The second-order valence-corrected chi connectivity index (χ2v) is 5.13. The molecule has 1 aromatic carbocycles. The van der Waals surface area contributed by atoms with Gasteiger partial charge in [0.25, 0.3) is 5.91 Å². The summed E-state index contributed by atoms with van der Waals surface area (Å²) in [7, 11) is 0. The van der Waals surface area contributed by atoms with Gasteiger partial charge in [0.05, 0.1) is 17.9 Å². The van der Waals surface area contributed by atoms with Crippen molar-refractivity contribution >= 4 is 11.6 Å². The number of hydrogen-bond acceptors (Lipinski definition) is 3. The zero-order chi connectivity index (χ0) is 13.1. The molecule has 2 aliphatic rings. The van der Waals surface area contributed by atoms with Gasteiger partial charge in [0.15, 0.2) is 0 Å². The van der Waals surface area contributed by atoms with Gasteiger partial charge in [-0.2, -0.15) is 0 Å². The normalized spacial score (nSPS) is 19.3. The molecule has 0 unspecified atom stereocenters. The van der Waals surface area contributed by atoms with Gasteiger partial charge in [0.1, 0.15) is 0 Å². The van der Waals surface area contributed by atoms with E-state index in [2.05, 4.69) is 11.4 Å². The van der Waals surface area contributed by atoms with E-state index in [1.54, 1.807) is 0 Å². The van der Waals surface area contributed by atoms with Crippen LogP contribution in [0.2, 0.25) is 0 Å². The van der Waals surface area contributed by atoms with E-state index < -0.39 is 0 Å². The molecule has 0 saturated carbocycles. The SMILES string of the molecule is O=C(c1cccc2c1NCCC2)N1CCCOCC1. The number of rotatable bonds is 1. The van der Waals surface area contributed by atoms with E-state index in [0.29, 0.717) is 13.2 Å². The zero-order valence-electron chi connectivity index (χ0n) is 11.2. The third kappa shape index (κ3) is 2.59. The minimum Gasteiger partial charge on any atom is -0.384 e. The molecule has 19 heavy (non-hydrogen) atoms. The molecule has 2 aliphatic heterocycles. The van der Waals surface area contributed by atoms with Crippen LogP contribution in [0.3, 0.4) is 0 Å². The molecule has 0 aliphatic carbocycles. The van der Waals surface area contributed by atoms with Crippen molar-refractivity contribution in [3.8, 4) is 0 Å². The maximum atomic E-state index is 12.7. The van der Waals surface area contributed by atoms with Gasteiger partial charge in [-0.1, -0.05) is 12.1 Å². The lowest BCUT2D eigenvalue weighted by atomic mass is 9.98. The number of carbonyl (C=O) groups is 1. The molecule has 102 valence electrons. The van der Waals surface area contributed by atoms with Crippen LogP contribution in [-0.2, 0) is 11.2 Å². The number of para-hydroxylation sites is 1. The first-order chi connectivity index (χ1) is 9.36. The van der Waals surface area contributed by atoms with Crippen molar-refractivity contribution in [2.45, 2.75) is 19.3 Å². The van der Waals surface area contributed by atoms with Crippen molar-refractivity contribution in [3.63, 3.8) is 0 Å². The Kier molecular flexibility index (Phi) is 3.69. The Morgan fingerprint density at radius 3 is 3.11 bits per heavy atom. The van der Waals surface area contributed by atoms with Gasteiger partial charge in [-0.05, 0) is 30.9 Å². The Morgan fingerprint density at radius 1 is 1.21 bits per heavy atom. The molecule has 0 bridgehead atoms. The van der Waals surface area contributed by atoms with Crippen LogP contribution in [0.4, 0.5) is 5.69 Å². The van der Waals surface area contributed by atoms with Crippen molar-refractivity contribution in [2.24, 2.45) is 0 Å². The molecule has 3 rings (SSSR count). The highest BCUT2D eigenvalue weighted by Crippen LogP contribution is 2.27. The molecule has 1 aromatic rings. The quantitative estimate of drug-likeness (QED) is 0.838. The number of nitrogens with zero attached hydrogens (tertiary/aromatic N) is 1. The second-order valence-electron chi connectivity index (χ2n) is 5.13. The monoisotopic (exact) mass is 260 g/mol. The highest BCUT2D eigenvalue weighted by Gasteiger charge is 2.22. The molecule has 0 spiro atoms. The maximum Gasteiger partial charge on any atom is 0.256 e. The molecule has 4 heteroatoms. The number of ether oxygens (including phenoxy) is 1. The van der Waals surface area contributed by atoms with E-state index in [0.717, 1.165) is 50.2 Å². The lowest BCUT2D eigenvalue weighted by Gasteiger charge is -2.25. The van der Waals surface area contributed by atoms with Crippen molar-refractivity contribution in [3.05, 3.63) is 29.3 Å². The first kappa shape index (κ1) is 12.5. The van der Waals surface area contributed by atoms with E-state index in [9.17, 15) is 4.79 Å². The molecule has 0 atom stereocenters. The highest BCUT2D eigenvalue weighted by atomic mass is 16.5. The predicted molar refractivity (Wildman–Crippen MR) is 74.6 cm³/mol.